The first-order chi connectivity index (χ1) is 11.5. The van der Waals surface area contributed by atoms with Gasteiger partial charge in [0.05, 0.1) is 0 Å². The molecule has 1 aromatic rings. The first-order valence-electron chi connectivity index (χ1n) is 9.02. The molecule has 1 aliphatic rings. The molecule has 2 N–H and O–H groups in total. The van der Waals surface area contributed by atoms with E-state index in [1.807, 2.05) is 18.2 Å². The lowest BCUT2D eigenvalue weighted by Gasteiger charge is -2.27. The van der Waals surface area contributed by atoms with Gasteiger partial charge in [-0.15, -0.1) is 0 Å². The summed E-state index contributed by atoms with van der Waals surface area (Å²) in [7, 11) is 0. The molecule has 4 nitrogen and oxygen atoms in total. The number of benzene rings is 1. The number of Topliss-reactive ketones (excluding diaryl/α,β-unsaturated/α-hetero) is 2. The molecule has 1 fully saturated rings. The summed E-state index contributed by atoms with van der Waals surface area (Å²) in [5, 5.41) is 13.2. The van der Waals surface area contributed by atoms with Gasteiger partial charge in [-0.2, -0.15) is 0 Å². The van der Waals surface area contributed by atoms with Gasteiger partial charge in [0.25, 0.3) is 0 Å². The average Bonchev–Trinajstić information content (AvgIpc) is 2.55. The second-order valence-electron chi connectivity index (χ2n) is 7.02. The second-order valence-corrected chi connectivity index (χ2v) is 7.02. The highest BCUT2D eigenvalue weighted by Gasteiger charge is 2.23. The predicted octanol–water partition coefficient (Wildman–Crippen LogP) is 4.19. The van der Waals surface area contributed by atoms with Crippen LogP contribution in [0.5, 0.6) is 0 Å². The van der Waals surface area contributed by atoms with Crippen LogP contribution >= 0.6 is 0 Å². The van der Waals surface area contributed by atoms with Crippen molar-refractivity contribution in [3.8, 4) is 0 Å². The highest BCUT2D eigenvalue weighted by atomic mass is 16.3. The molecule has 0 saturated heterocycles. The van der Waals surface area contributed by atoms with E-state index in [-0.39, 0.29) is 11.7 Å². The van der Waals surface area contributed by atoms with E-state index >= 15 is 0 Å². The lowest BCUT2D eigenvalue weighted by atomic mass is 9.78. The fourth-order valence-electron chi connectivity index (χ4n) is 3.63. The Morgan fingerprint density at radius 2 is 1.83 bits per heavy atom. The first-order valence-corrected chi connectivity index (χ1v) is 9.02. The van der Waals surface area contributed by atoms with E-state index in [0.29, 0.717) is 29.4 Å². The quantitative estimate of drug-likeness (QED) is 0.554. The molecule has 0 heterocycles. The van der Waals surface area contributed by atoms with Crippen LogP contribution in [-0.4, -0.2) is 22.9 Å². The van der Waals surface area contributed by atoms with Crippen molar-refractivity contribution in [2.45, 2.75) is 65.0 Å². The molecule has 0 aliphatic heterocycles. The molecular weight excluding hydrogens is 302 g/mol. The number of carbonyl (C=O) groups is 2. The molecule has 1 saturated carbocycles. The Hall–Kier alpha value is -1.68. The Kier molecular flexibility index (Phi) is 6.98. The topological polar surface area (TPSA) is 66.4 Å². The van der Waals surface area contributed by atoms with Crippen molar-refractivity contribution in [1.82, 2.24) is 0 Å². The van der Waals surface area contributed by atoms with E-state index in [1.54, 1.807) is 13.0 Å². The molecule has 132 valence electrons. The number of hydrogen-bond acceptors (Lipinski definition) is 4. The van der Waals surface area contributed by atoms with E-state index in [1.165, 1.54) is 6.92 Å². The summed E-state index contributed by atoms with van der Waals surface area (Å²) in [6.45, 7) is 3.23. The van der Waals surface area contributed by atoms with Gasteiger partial charge in [0.2, 0.25) is 0 Å². The smallest absolute Gasteiger partial charge is 0.161 e. The van der Waals surface area contributed by atoms with Gasteiger partial charge >= 0.3 is 0 Å². The van der Waals surface area contributed by atoms with Gasteiger partial charge in [-0.3, -0.25) is 9.59 Å². The molecule has 0 bridgehead atoms. The Balaban J connectivity index is 1.72. The number of aliphatic hydroxyl groups excluding tert-OH is 1. The number of anilines is 1. The number of aliphatic hydroxyl groups is 1. The van der Waals surface area contributed by atoms with Gasteiger partial charge in [0.15, 0.2) is 5.78 Å². The van der Waals surface area contributed by atoms with Crippen molar-refractivity contribution < 1.29 is 14.7 Å². The summed E-state index contributed by atoms with van der Waals surface area (Å²) in [6, 6.07) is 7.27. The molecule has 24 heavy (non-hydrogen) atoms. The number of nitrogens with one attached hydrogen (secondary N) is 1. The predicted molar refractivity (Wildman–Crippen MR) is 96.1 cm³/mol. The standard InChI is InChI=1S/C20H29NO3/c1-14(22)17-12-10-16(11-13-17)6-5-9-20(24)21-19-8-4-3-7-18(19)15(2)23/h3-4,7-8,16-17,20-21,24H,5-6,9-13H2,1-2H3. The molecule has 0 radical (unpaired) electrons. The highest BCUT2D eigenvalue weighted by molar-refractivity contribution is 5.99. The van der Waals surface area contributed by atoms with Gasteiger partial charge in [0, 0.05) is 17.2 Å². The Labute approximate surface area is 144 Å². The third-order valence-corrected chi connectivity index (χ3v) is 5.14. The van der Waals surface area contributed by atoms with Crippen molar-refractivity contribution in [1.29, 1.82) is 0 Å². The second kappa shape index (κ2) is 8.97. The number of carbonyl (C=O) groups excluding carboxylic acids is 2. The van der Waals surface area contributed by atoms with Gasteiger partial charge in [0.1, 0.15) is 12.0 Å². The Bertz CT molecular complexity index is 562. The number of para-hydroxylation sites is 1. The minimum absolute atomic E-state index is 0.00692. The first kappa shape index (κ1) is 18.7. The van der Waals surface area contributed by atoms with Crippen LogP contribution in [0.4, 0.5) is 5.69 Å². The molecule has 1 aromatic carbocycles. The van der Waals surface area contributed by atoms with Gasteiger partial charge in [-0.05, 0) is 70.4 Å². The summed E-state index contributed by atoms with van der Waals surface area (Å²) in [5.74, 6) is 1.28. The number of hydrogen-bond donors (Lipinski definition) is 2. The summed E-state index contributed by atoms with van der Waals surface area (Å²) >= 11 is 0. The molecule has 2 rings (SSSR count). The fourth-order valence-corrected chi connectivity index (χ4v) is 3.63. The lowest BCUT2D eigenvalue weighted by Crippen LogP contribution is -2.22. The summed E-state index contributed by atoms with van der Waals surface area (Å²) in [5.41, 5.74) is 1.30. The van der Waals surface area contributed by atoms with Crippen LogP contribution in [-0.2, 0) is 4.79 Å². The molecule has 0 amide bonds. The van der Waals surface area contributed by atoms with E-state index < -0.39 is 6.23 Å². The molecule has 4 heteroatoms. The zero-order valence-electron chi connectivity index (χ0n) is 14.8. The minimum Gasteiger partial charge on any atom is -0.374 e. The van der Waals surface area contributed by atoms with E-state index in [0.717, 1.165) is 38.5 Å². The molecule has 0 spiro atoms. The maximum Gasteiger partial charge on any atom is 0.161 e. The summed E-state index contributed by atoms with van der Waals surface area (Å²) < 4.78 is 0. The third kappa shape index (κ3) is 5.45. The normalized spacial score (nSPS) is 22.0. The van der Waals surface area contributed by atoms with Crippen molar-refractivity contribution in [3.63, 3.8) is 0 Å². The van der Waals surface area contributed by atoms with E-state index in [9.17, 15) is 14.7 Å². The highest BCUT2D eigenvalue weighted by Crippen LogP contribution is 2.32. The van der Waals surface area contributed by atoms with Crippen LogP contribution in [0.25, 0.3) is 0 Å². The third-order valence-electron chi connectivity index (χ3n) is 5.14. The zero-order chi connectivity index (χ0) is 17.5. The van der Waals surface area contributed by atoms with Gasteiger partial charge in [-0.25, -0.2) is 0 Å². The maximum absolute atomic E-state index is 11.6. The largest absolute Gasteiger partial charge is 0.374 e. The molecule has 1 unspecified atom stereocenters. The van der Waals surface area contributed by atoms with Crippen LogP contribution in [0, 0.1) is 11.8 Å². The van der Waals surface area contributed by atoms with Crippen molar-refractivity contribution in [3.05, 3.63) is 29.8 Å². The molecule has 1 aliphatic carbocycles. The SMILES string of the molecule is CC(=O)c1ccccc1NC(O)CCCC1CCC(C(C)=O)CC1. The average molecular weight is 331 g/mol. The Morgan fingerprint density at radius 1 is 1.17 bits per heavy atom. The Morgan fingerprint density at radius 3 is 2.46 bits per heavy atom. The zero-order valence-corrected chi connectivity index (χ0v) is 14.8. The van der Waals surface area contributed by atoms with E-state index in [4.69, 9.17) is 0 Å². The molecule has 1 atom stereocenters. The summed E-state index contributed by atoms with van der Waals surface area (Å²) in [6.07, 6.45) is 6.36. The van der Waals surface area contributed by atoms with Crippen molar-refractivity contribution in [2.75, 3.05) is 5.32 Å². The van der Waals surface area contributed by atoms with Crippen molar-refractivity contribution >= 4 is 17.3 Å². The van der Waals surface area contributed by atoms with Crippen LogP contribution in [0.1, 0.15) is 69.2 Å². The lowest BCUT2D eigenvalue weighted by molar-refractivity contribution is -0.121. The van der Waals surface area contributed by atoms with Crippen LogP contribution in [0.2, 0.25) is 0 Å². The minimum atomic E-state index is -0.640. The van der Waals surface area contributed by atoms with Gasteiger partial charge < -0.3 is 10.4 Å². The monoisotopic (exact) mass is 331 g/mol. The van der Waals surface area contributed by atoms with Crippen LogP contribution < -0.4 is 5.32 Å². The number of rotatable bonds is 8. The van der Waals surface area contributed by atoms with E-state index in [2.05, 4.69) is 5.32 Å². The number of ketones is 2. The fraction of sp³-hybridized carbons (Fsp3) is 0.600. The van der Waals surface area contributed by atoms with Crippen molar-refractivity contribution in [2.24, 2.45) is 11.8 Å². The molecule has 0 aromatic heterocycles. The van der Waals surface area contributed by atoms with Gasteiger partial charge in [-0.1, -0.05) is 18.6 Å². The molecular formula is C20H29NO3. The van der Waals surface area contributed by atoms with Crippen LogP contribution in [0.3, 0.4) is 0 Å². The summed E-state index contributed by atoms with van der Waals surface area (Å²) in [4.78, 5) is 23.0. The maximum atomic E-state index is 11.6. The van der Waals surface area contributed by atoms with Crippen LogP contribution in [0.15, 0.2) is 24.3 Å².